The molecule has 2 N–H and O–H groups in total. The second-order valence-corrected chi connectivity index (χ2v) is 5.29. The summed E-state index contributed by atoms with van der Waals surface area (Å²) in [4.78, 5) is 0. The summed E-state index contributed by atoms with van der Waals surface area (Å²) in [6.45, 7) is 0. The van der Waals surface area contributed by atoms with Gasteiger partial charge < -0.3 is 10.5 Å². The Balaban J connectivity index is 0.00000264. The summed E-state index contributed by atoms with van der Waals surface area (Å²) in [5.74, 6) is -2.15. The molecular weight excluding hydrogens is 409 g/mol. The minimum atomic E-state index is -4.81. The first kappa shape index (κ1) is 19.7. The fourth-order valence-electron chi connectivity index (χ4n) is 1.89. The van der Waals surface area contributed by atoms with E-state index in [1.54, 1.807) is 0 Å². The van der Waals surface area contributed by atoms with Crippen LogP contribution in [-0.4, -0.2) is 6.36 Å². The summed E-state index contributed by atoms with van der Waals surface area (Å²) in [7, 11) is 0. The van der Waals surface area contributed by atoms with Gasteiger partial charge in [0.05, 0.1) is 6.04 Å². The molecule has 126 valence electrons. The maximum absolute atomic E-state index is 13.8. The van der Waals surface area contributed by atoms with Gasteiger partial charge in [-0.15, -0.1) is 25.6 Å². The van der Waals surface area contributed by atoms with Crippen LogP contribution in [0.15, 0.2) is 40.9 Å². The van der Waals surface area contributed by atoms with Crippen LogP contribution in [0.5, 0.6) is 5.75 Å². The van der Waals surface area contributed by atoms with Gasteiger partial charge in [-0.05, 0) is 29.8 Å². The molecule has 0 amide bonds. The first-order valence-corrected chi connectivity index (χ1v) is 6.72. The van der Waals surface area contributed by atoms with Crippen molar-refractivity contribution in [1.82, 2.24) is 0 Å². The average molecular weight is 419 g/mol. The number of nitrogens with two attached hydrogens (primary N) is 1. The van der Waals surface area contributed by atoms with Crippen LogP contribution in [0.2, 0.25) is 0 Å². The zero-order valence-corrected chi connectivity index (χ0v) is 13.6. The lowest BCUT2D eigenvalue weighted by molar-refractivity contribution is -0.274. The predicted molar refractivity (Wildman–Crippen MR) is 80.5 cm³/mol. The van der Waals surface area contributed by atoms with Crippen molar-refractivity contribution in [1.29, 1.82) is 0 Å². The Morgan fingerprint density at radius 1 is 1.00 bits per heavy atom. The molecule has 2 rings (SSSR count). The summed E-state index contributed by atoms with van der Waals surface area (Å²) in [6.07, 6.45) is -4.81. The number of hydrogen-bond acceptors (Lipinski definition) is 2. The zero-order chi connectivity index (χ0) is 16.5. The highest BCUT2D eigenvalue weighted by atomic mass is 79.9. The van der Waals surface area contributed by atoms with Crippen LogP contribution in [0.3, 0.4) is 0 Å². The predicted octanol–water partition coefficient (Wildman–Crippen LogP) is 5.10. The summed E-state index contributed by atoms with van der Waals surface area (Å²) in [6, 6.07) is 5.43. The van der Waals surface area contributed by atoms with E-state index in [4.69, 9.17) is 5.73 Å². The maximum atomic E-state index is 13.8. The van der Waals surface area contributed by atoms with E-state index in [1.165, 1.54) is 12.1 Å². The van der Waals surface area contributed by atoms with Gasteiger partial charge in [-0.2, -0.15) is 0 Å². The number of benzene rings is 2. The molecule has 1 atom stereocenters. The van der Waals surface area contributed by atoms with E-state index in [9.17, 15) is 22.0 Å². The summed E-state index contributed by atoms with van der Waals surface area (Å²) in [5, 5.41) is 0. The maximum Gasteiger partial charge on any atom is 0.573 e. The van der Waals surface area contributed by atoms with E-state index in [2.05, 4.69) is 20.7 Å². The fourth-order valence-corrected chi connectivity index (χ4v) is 2.30. The van der Waals surface area contributed by atoms with Gasteiger partial charge in [0.25, 0.3) is 0 Å². The van der Waals surface area contributed by atoms with Gasteiger partial charge in [-0.3, -0.25) is 0 Å². The number of halogens is 7. The molecule has 23 heavy (non-hydrogen) atoms. The van der Waals surface area contributed by atoms with Gasteiger partial charge in [0.2, 0.25) is 0 Å². The highest BCUT2D eigenvalue weighted by Gasteiger charge is 2.31. The standard InChI is InChI=1S/C14H9BrF5NO.ClH/c15-8-5-10(16)12(11(17)6-8)13(21)7-1-3-9(4-2-7)22-14(18,19)20;/h1-6,13H,21H2;1H/t13-;/m1./s1. The molecule has 2 nitrogen and oxygen atoms in total. The fraction of sp³-hybridized carbons (Fsp3) is 0.143. The third-order valence-electron chi connectivity index (χ3n) is 2.83. The van der Waals surface area contributed by atoms with Crippen LogP contribution in [0.25, 0.3) is 0 Å². The molecule has 0 saturated heterocycles. The molecule has 0 aromatic heterocycles. The van der Waals surface area contributed by atoms with Gasteiger partial charge in [-0.25, -0.2) is 8.78 Å². The van der Waals surface area contributed by atoms with Crippen molar-refractivity contribution >= 4 is 28.3 Å². The Labute approximate surface area is 143 Å². The molecule has 0 bridgehead atoms. The van der Waals surface area contributed by atoms with Crippen molar-refractivity contribution in [2.75, 3.05) is 0 Å². The van der Waals surface area contributed by atoms with Crippen LogP contribution in [0.4, 0.5) is 22.0 Å². The number of hydrogen-bond donors (Lipinski definition) is 1. The van der Waals surface area contributed by atoms with Gasteiger partial charge in [0, 0.05) is 10.0 Å². The monoisotopic (exact) mass is 417 g/mol. The molecule has 0 aliphatic carbocycles. The van der Waals surface area contributed by atoms with E-state index < -0.39 is 29.8 Å². The molecule has 0 aliphatic rings. The molecular formula is C14H10BrClF5NO. The second-order valence-electron chi connectivity index (χ2n) is 4.38. The lowest BCUT2D eigenvalue weighted by Crippen LogP contribution is -2.18. The molecule has 0 aliphatic heterocycles. The minimum Gasteiger partial charge on any atom is -0.406 e. The normalized spacial score (nSPS) is 12.5. The first-order valence-electron chi connectivity index (χ1n) is 5.93. The van der Waals surface area contributed by atoms with Crippen LogP contribution >= 0.6 is 28.3 Å². The third kappa shape index (κ3) is 5.05. The Morgan fingerprint density at radius 2 is 1.48 bits per heavy atom. The first-order chi connectivity index (χ1) is 10.2. The van der Waals surface area contributed by atoms with Crippen LogP contribution in [0, 0.1) is 11.6 Å². The van der Waals surface area contributed by atoms with Gasteiger partial charge in [0.1, 0.15) is 17.4 Å². The van der Waals surface area contributed by atoms with E-state index in [0.29, 0.717) is 0 Å². The molecule has 0 heterocycles. The Kier molecular flexibility index (Phi) is 6.38. The molecule has 0 radical (unpaired) electrons. The van der Waals surface area contributed by atoms with Crippen molar-refractivity contribution in [2.45, 2.75) is 12.4 Å². The Hall–Kier alpha value is -1.38. The molecule has 0 fully saturated rings. The molecule has 9 heteroatoms. The summed E-state index contributed by atoms with van der Waals surface area (Å²) >= 11 is 2.95. The minimum absolute atomic E-state index is 0. The lowest BCUT2D eigenvalue weighted by atomic mass is 9.98. The number of alkyl halides is 3. The zero-order valence-electron chi connectivity index (χ0n) is 11.2. The molecule has 0 saturated carbocycles. The van der Waals surface area contributed by atoms with E-state index in [0.717, 1.165) is 24.3 Å². The van der Waals surface area contributed by atoms with Crippen LogP contribution in [-0.2, 0) is 0 Å². The molecule has 2 aromatic carbocycles. The smallest absolute Gasteiger partial charge is 0.406 e. The van der Waals surface area contributed by atoms with Gasteiger partial charge in [-0.1, -0.05) is 28.1 Å². The summed E-state index contributed by atoms with van der Waals surface area (Å²) < 4.78 is 67.8. The SMILES string of the molecule is Cl.N[C@H](c1ccc(OC(F)(F)F)cc1)c1c(F)cc(Br)cc1F. The largest absolute Gasteiger partial charge is 0.573 e. The highest BCUT2D eigenvalue weighted by Crippen LogP contribution is 2.29. The van der Waals surface area contributed by atoms with Crippen molar-refractivity contribution < 1.29 is 26.7 Å². The van der Waals surface area contributed by atoms with Crippen LogP contribution in [0.1, 0.15) is 17.2 Å². The van der Waals surface area contributed by atoms with Crippen molar-refractivity contribution in [3.63, 3.8) is 0 Å². The Bertz CT molecular complexity index is 655. The van der Waals surface area contributed by atoms with Gasteiger partial charge in [0.15, 0.2) is 0 Å². The number of rotatable bonds is 3. The molecule has 2 aromatic rings. The van der Waals surface area contributed by atoms with E-state index in [1.807, 2.05) is 0 Å². The van der Waals surface area contributed by atoms with Crippen molar-refractivity contribution in [3.05, 3.63) is 63.6 Å². The Morgan fingerprint density at radius 3 is 1.91 bits per heavy atom. The van der Waals surface area contributed by atoms with Crippen LogP contribution < -0.4 is 10.5 Å². The lowest BCUT2D eigenvalue weighted by Gasteiger charge is -2.16. The van der Waals surface area contributed by atoms with Crippen molar-refractivity contribution in [2.24, 2.45) is 5.73 Å². The molecule has 0 spiro atoms. The van der Waals surface area contributed by atoms with Gasteiger partial charge >= 0.3 is 6.36 Å². The van der Waals surface area contributed by atoms with Crippen molar-refractivity contribution in [3.8, 4) is 5.75 Å². The number of ether oxygens (including phenoxy) is 1. The third-order valence-corrected chi connectivity index (χ3v) is 3.29. The summed E-state index contributed by atoms with van der Waals surface area (Å²) in [5.41, 5.74) is 5.66. The quantitative estimate of drug-likeness (QED) is 0.704. The average Bonchev–Trinajstić information content (AvgIpc) is 2.36. The van der Waals surface area contributed by atoms with E-state index in [-0.39, 0.29) is 28.0 Å². The highest BCUT2D eigenvalue weighted by molar-refractivity contribution is 9.10. The topological polar surface area (TPSA) is 35.2 Å². The second kappa shape index (κ2) is 7.46. The molecule has 0 unspecified atom stereocenters. The van der Waals surface area contributed by atoms with E-state index >= 15 is 0 Å².